The van der Waals surface area contributed by atoms with Gasteiger partial charge in [-0.15, -0.1) is 0 Å². The number of halogens is 1. The van der Waals surface area contributed by atoms with Gasteiger partial charge in [0.1, 0.15) is 0 Å². The highest BCUT2D eigenvalue weighted by atomic mass is 79.9. The van der Waals surface area contributed by atoms with E-state index in [9.17, 15) is 4.79 Å². The lowest BCUT2D eigenvalue weighted by Gasteiger charge is -2.40. The lowest BCUT2D eigenvalue weighted by atomic mass is 9.98. The summed E-state index contributed by atoms with van der Waals surface area (Å²) in [7, 11) is 0. The van der Waals surface area contributed by atoms with Crippen LogP contribution in [0.15, 0.2) is 28.7 Å². The fraction of sp³-hybridized carbons (Fsp3) is 0.533. The van der Waals surface area contributed by atoms with Crippen molar-refractivity contribution < 1.29 is 9.90 Å². The van der Waals surface area contributed by atoms with Gasteiger partial charge in [-0.1, -0.05) is 28.1 Å². The molecule has 1 aromatic rings. The van der Waals surface area contributed by atoms with Crippen LogP contribution in [0.3, 0.4) is 0 Å². The zero-order valence-electron chi connectivity index (χ0n) is 12.0. The molecular weight excluding hydrogens is 306 g/mol. The molecule has 19 heavy (non-hydrogen) atoms. The molecule has 0 aliphatic carbocycles. The van der Waals surface area contributed by atoms with E-state index in [-0.39, 0.29) is 18.0 Å². The lowest BCUT2D eigenvalue weighted by molar-refractivity contribution is -0.137. The van der Waals surface area contributed by atoms with Gasteiger partial charge in [-0.05, 0) is 45.4 Å². The van der Waals surface area contributed by atoms with Crippen LogP contribution in [-0.4, -0.2) is 28.1 Å². The maximum absolute atomic E-state index is 10.8. The van der Waals surface area contributed by atoms with E-state index in [2.05, 4.69) is 60.7 Å². The largest absolute Gasteiger partial charge is 0.481 e. The van der Waals surface area contributed by atoms with Gasteiger partial charge in [0.2, 0.25) is 0 Å². The lowest BCUT2D eigenvalue weighted by Crippen LogP contribution is -2.44. The minimum Gasteiger partial charge on any atom is -0.481 e. The molecule has 0 radical (unpaired) electrons. The van der Waals surface area contributed by atoms with Crippen LogP contribution in [0.25, 0.3) is 0 Å². The average Bonchev–Trinajstić information content (AvgIpc) is 2.27. The molecule has 0 bridgehead atoms. The van der Waals surface area contributed by atoms with Crippen molar-refractivity contribution in [1.82, 2.24) is 4.90 Å². The van der Waals surface area contributed by atoms with Crippen LogP contribution < -0.4 is 0 Å². The van der Waals surface area contributed by atoms with Crippen molar-refractivity contribution in [3.63, 3.8) is 0 Å². The molecule has 3 nitrogen and oxygen atoms in total. The van der Waals surface area contributed by atoms with E-state index in [1.165, 1.54) is 5.56 Å². The van der Waals surface area contributed by atoms with Gasteiger partial charge in [-0.25, -0.2) is 0 Å². The molecule has 4 heteroatoms. The number of benzene rings is 1. The average molecular weight is 328 g/mol. The van der Waals surface area contributed by atoms with Crippen molar-refractivity contribution in [3.05, 3.63) is 34.3 Å². The van der Waals surface area contributed by atoms with E-state index < -0.39 is 5.97 Å². The van der Waals surface area contributed by atoms with Crippen LogP contribution in [0.1, 0.15) is 45.7 Å². The van der Waals surface area contributed by atoms with Crippen molar-refractivity contribution in [2.75, 3.05) is 6.54 Å². The normalized spacial score (nSPS) is 13.6. The van der Waals surface area contributed by atoms with Crippen molar-refractivity contribution in [2.45, 2.75) is 45.7 Å². The van der Waals surface area contributed by atoms with Gasteiger partial charge in [-0.3, -0.25) is 9.69 Å². The van der Waals surface area contributed by atoms with Crippen LogP contribution in [-0.2, 0) is 4.79 Å². The molecule has 1 N–H and O–H groups in total. The number of rotatable bonds is 5. The maximum Gasteiger partial charge on any atom is 0.304 e. The summed E-state index contributed by atoms with van der Waals surface area (Å²) in [5.41, 5.74) is 1.13. The number of hydrogen-bond acceptors (Lipinski definition) is 2. The highest BCUT2D eigenvalue weighted by Gasteiger charge is 2.27. The Balaban J connectivity index is 2.90. The van der Waals surface area contributed by atoms with Crippen LogP contribution in [0.4, 0.5) is 0 Å². The van der Waals surface area contributed by atoms with Crippen molar-refractivity contribution >= 4 is 21.9 Å². The van der Waals surface area contributed by atoms with Crippen molar-refractivity contribution in [3.8, 4) is 0 Å². The summed E-state index contributed by atoms with van der Waals surface area (Å²) in [6, 6.07) is 8.38. The van der Waals surface area contributed by atoms with E-state index >= 15 is 0 Å². The first-order valence-electron chi connectivity index (χ1n) is 6.46. The highest BCUT2D eigenvalue weighted by Crippen LogP contribution is 2.28. The standard InChI is InChI=1S/C15H22BrNO2/c1-11(12-5-7-13(16)8-6-12)17(15(2,3)4)10-9-14(18)19/h5-8,11H,9-10H2,1-4H3,(H,18,19). The second kappa shape index (κ2) is 6.53. The number of carbonyl (C=O) groups is 1. The van der Waals surface area contributed by atoms with Gasteiger partial charge in [0.15, 0.2) is 0 Å². The Labute approximate surface area is 123 Å². The fourth-order valence-corrected chi connectivity index (χ4v) is 2.51. The van der Waals surface area contributed by atoms with E-state index in [1.54, 1.807) is 0 Å². The van der Waals surface area contributed by atoms with Gasteiger partial charge in [-0.2, -0.15) is 0 Å². The summed E-state index contributed by atoms with van der Waals surface area (Å²) in [6.45, 7) is 9.02. The summed E-state index contributed by atoms with van der Waals surface area (Å²) in [5.74, 6) is -0.753. The van der Waals surface area contributed by atoms with Gasteiger partial charge >= 0.3 is 5.97 Å². The molecule has 0 spiro atoms. The van der Waals surface area contributed by atoms with Crippen LogP contribution in [0.5, 0.6) is 0 Å². The van der Waals surface area contributed by atoms with E-state index in [1.807, 2.05) is 12.1 Å². The van der Waals surface area contributed by atoms with Gasteiger partial charge in [0, 0.05) is 22.6 Å². The quantitative estimate of drug-likeness (QED) is 0.885. The van der Waals surface area contributed by atoms with E-state index in [4.69, 9.17) is 5.11 Å². The summed E-state index contributed by atoms with van der Waals surface area (Å²) < 4.78 is 1.05. The van der Waals surface area contributed by atoms with E-state index in [0.717, 1.165) is 4.47 Å². The minimum atomic E-state index is -0.753. The molecule has 0 aliphatic rings. The summed E-state index contributed by atoms with van der Waals surface area (Å²) in [4.78, 5) is 13.0. The zero-order chi connectivity index (χ0) is 14.6. The van der Waals surface area contributed by atoms with E-state index in [0.29, 0.717) is 6.54 Å². The summed E-state index contributed by atoms with van der Waals surface area (Å²) in [5, 5.41) is 8.88. The van der Waals surface area contributed by atoms with Crippen molar-refractivity contribution in [1.29, 1.82) is 0 Å². The molecule has 0 aromatic heterocycles. The molecule has 0 amide bonds. The molecule has 0 fully saturated rings. The Kier molecular flexibility index (Phi) is 5.56. The third-order valence-corrected chi connectivity index (χ3v) is 3.78. The Morgan fingerprint density at radius 2 is 1.84 bits per heavy atom. The first kappa shape index (κ1) is 16.2. The summed E-state index contributed by atoms with van der Waals surface area (Å²) >= 11 is 3.43. The predicted molar refractivity (Wildman–Crippen MR) is 81.3 cm³/mol. The van der Waals surface area contributed by atoms with Crippen molar-refractivity contribution in [2.24, 2.45) is 0 Å². The molecule has 1 rings (SSSR count). The first-order chi connectivity index (χ1) is 8.71. The molecule has 0 saturated heterocycles. The Morgan fingerprint density at radius 1 is 1.32 bits per heavy atom. The SMILES string of the molecule is CC(c1ccc(Br)cc1)N(CCC(=O)O)C(C)(C)C. The van der Waals surface area contributed by atoms with Crippen LogP contribution >= 0.6 is 15.9 Å². The molecular formula is C15H22BrNO2. The Morgan fingerprint density at radius 3 is 2.26 bits per heavy atom. The molecule has 0 saturated carbocycles. The molecule has 1 atom stereocenters. The molecule has 1 unspecified atom stereocenters. The molecule has 106 valence electrons. The third kappa shape index (κ3) is 4.96. The number of carboxylic acid groups (broad SMARTS) is 1. The Bertz CT molecular complexity index is 423. The van der Waals surface area contributed by atoms with Gasteiger partial charge in [0.05, 0.1) is 6.42 Å². The first-order valence-corrected chi connectivity index (χ1v) is 7.25. The maximum atomic E-state index is 10.8. The minimum absolute atomic E-state index is 0.0675. The molecule has 0 heterocycles. The Hall–Kier alpha value is -0.870. The van der Waals surface area contributed by atoms with Crippen LogP contribution in [0.2, 0.25) is 0 Å². The second-order valence-corrected chi connectivity index (χ2v) is 6.65. The topological polar surface area (TPSA) is 40.5 Å². The number of nitrogens with zero attached hydrogens (tertiary/aromatic N) is 1. The van der Waals surface area contributed by atoms with Gasteiger partial charge in [0.25, 0.3) is 0 Å². The smallest absolute Gasteiger partial charge is 0.304 e. The van der Waals surface area contributed by atoms with Crippen LogP contribution in [0, 0.1) is 0 Å². The summed E-state index contributed by atoms with van der Waals surface area (Å²) in [6.07, 6.45) is 0.165. The number of carboxylic acids is 1. The predicted octanol–water partition coefficient (Wildman–Crippen LogP) is 4.09. The monoisotopic (exact) mass is 327 g/mol. The fourth-order valence-electron chi connectivity index (χ4n) is 2.25. The zero-order valence-corrected chi connectivity index (χ0v) is 13.6. The molecule has 0 aliphatic heterocycles. The number of aliphatic carboxylic acids is 1. The number of hydrogen-bond donors (Lipinski definition) is 1. The second-order valence-electron chi connectivity index (χ2n) is 5.74. The van der Waals surface area contributed by atoms with Gasteiger partial charge < -0.3 is 5.11 Å². The molecule has 1 aromatic carbocycles. The third-order valence-electron chi connectivity index (χ3n) is 3.25. The highest BCUT2D eigenvalue weighted by molar-refractivity contribution is 9.10.